The van der Waals surface area contributed by atoms with Crippen LogP contribution in [0.25, 0.3) is 21.5 Å². The van der Waals surface area contributed by atoms with Crippen molar-refractivity contribution in [1.82, 2.24) is 4.98 Å². The summed E-state index contributed by atoms with van der Waals surface area (Å²) in [5.41, 5.74) is 1.62. The summed E-state index contributed by atoms with van der Waals surface area (Å²) in [4.78, 5) is 18.2. The fraction of sp³-hybridized carbons (Fsp3) is 0.0667. The molecule has 0 saturated heterocycles. The number of benzene rings is 2. The van der Waals surface area contributed by atoms with Crippen LogP contribution in [0.1, 0.15) is 10.4 Å². The van der Waals surface area contributed by atoms with E-state index in [0.717, 1.165) is 31.7 Å². The molecule has 0 bridgehead atoms. The Morgan fingerprint density at radius 3 is 2.63 bits per heavy atom. The molecular weight excluding hydrogens is 304 g/mol. The lowest BCUT2D eigenvalue weighted by Crippen LogP contribution is -2.21. The molecule has 3 nitrogen and oxygen atoms in total. The highest BCUT2D eigenvalue weighted by molar-refractivity contribution is 9.10. The Bertz CT molecular complexity index is 873. The molecule has 0 unspecified atom stereocenters. The van der Waals surface area contributed by atoms with Gasteiger partial charge < -0.3 is 4.90 Å². The van der Waals surface area contributed by atoms with Crippen molar-refractivity contribution >= 4 is 49.1 Å². The van der Waals surface area contributed by atoms with Crippen molar-refractivity contribution < 1.29 is 4.79 Å². The lowest BCUT2D eigenvalue weighted by molar-refractivity contribution is 0.0998. The maximum Gasteiger partial charge on any atom is 0.260 e. The Morgan fingerprint density at radius 2 is 1.84 bits per heavy atom. The molecule has 1 amide bonds. The highest BCUT2D eigenvalue weighted by Crippen LogP contribution is 2.46. The van der Waals surface area contributed by atoms with Gasteiger partial charge in [-0.3, -0.25) is 9.78 Å². The Hall–Kier alpha value is -1.94. The quantitative estimate of drug-likeness (QED) is 0.592. The van der Waals surface area contributed by atoms with Crippen molar-refractivity contribution in [3.8, 4) is 0 Å². The summed E-state index contributed by atoms with van der Waals surface area (Å²) in [6.45, 7) is 0. The number of halogens is 1. The zero-order valence-electron chi connectivity index (χ0n) is 10.1. The number of fused-ring (bicyclic) bond motifs is 2. The van der Waals surface area contributed by atoms with Crippen LogP contribution in [0.2, 0.25) is 0 Å². The van der Waals surface area contributed by atoms with E-state index in [-0.39, 0.29) is 5.91 Å². The third-order valence-corrected chi connectivity index (χ3v) is 4.52. The molecule has 2 heterocycles. The van der Waals surface area contributed by atoms with Crippen LogP contribution in [-0.4, -0.2) is 17.9 Å². The van der Waals surface area contributed by atoms with E-state index in [4.69, 9.17) is 0 Å². The normalized spacial score (nSPS) is 13.8. The largest absolute Gasteiger partial charge is 0.310 e. The molecule has 0 fully saturated rings. The summed E-state index contributed by atoms with van der Waals surface area (Å²) < 4.78 is 0.969. The van der Waals surface area contributed by atoms with Gasteiger partial charge in [-0.05, 0) is 26.7 Å². The van der Waals surface area contributed by atoms with Gasteiger partial charge in [0.05, 0.1) is 11.3 Å². The van der Waals surface area contributed by atoms with E-state index < -0.39 is 0 Å². The monoisotopic (exact) mass is 312 g/mol. The fourth-order valence-electron chi connectivity index (χ4n) is 2.83. The summed E-state index contributed by atoms with van der Waals surface area (Å²) in [5.74, 6) is 0.00380. The first-order chi connectivity index (χ1) is 9.20. The Balaban J connectivity index is 2.38. The molecule has 3 aromatic rings. The van der Waals surface area contributed by atoms with Gasteiger partial charge in [0.15, 0.2) is 0 Å². The van der Waals surface area contributed by atoms with E-state index in [1.165, 1.54) is 0 Å². The molecule has 0 spiro atoms. The second-order valence-corrected chi connectivity index (χ2v) is 5.47. The van der Waals surface area contributed by atoms with E-state index in [9.17, 15) is 4.79 Å². The van der Waals surface area contributed by atoms with Crippen LogP contribution in [0.3, 0.4) is 0 Å². The van der Waals surface area contributed by atoms with Crippen LogP contribution in [0, 0.1) is 0 Å². The smallest absolute Gasteiger partial charge is 0.260 e. The summed E-state index contributed by atoms with van der Waals surface area (Å²) in [6, 6.07) is 8.12. The van der Waals surface area contributed by atoms with E-state index in [1.54, 1.807) is 18.1 Å². The van der Waals surface area contributed by atoms with E-state index in [2.05, 4.69) is 33.0 Å². The number of nitrogens with zero attached hydrogens (tertiary/aromatic N) is 2. The topological polar surface area (TPSA) is 33.2 Å². The third-order valence-electron chi connectivity index (χ3n) is 3.71. The second-order valence-electron chi connectivity index (χ2n) is 4.68. The van der Waals surface area contributed by atoms with Gasteiger partial charge in [-0.2, -0.15) is 0 Å². The number of hydrogen-bond donors (Lipinski definition) is 0. The van der Waals surface area contributed by atoms with Crippen molar-refractivity contribution in [2.24, 2.45) is 0 Å². The van der Waals surface area contributed by atoms with Crippen LogP contribution >= 0.6 is 15.9 Å². The SMILES string of the molecule is CN1C(=O)c2cncc3c2c1c(Br)c1ccccc13. The number of rotatable bonds is 0. The summed E-state index contributed by atoms with van der Waals surface area (Å²) in [5, 5.41) is 4.24. The molecule has 1 aromatic heterocycles. The number of hydrogen-bond acceptors (Lipinski definition) is 2. The molecule has 92 valence electrons. The number of anilines is 1. The van der Waals surface area contributed by atoms with Crippen LogP contribution in [-0.2, 0) is 0 Å². The maximum absolute atomic E-state index is 12.3. The van der Waals surface area contributed by atoms with E-state index >= 15 is 0 Å². The zero-order valence-corrected chi connectivity index (χ0v) is 11.7. The average molecular weight is 313 g/mol. The van der Waals surface area contributed by atoms with Crippen molar-refractivity contribution in [2.45, 2.75) is 0 Å². The van der Waals surface area contributed by atoms with Crippen LogP contribution in [0.4, 0.5) is 5.69 Å². The summed E-state index contributed by atoms with van der Waals surface area (Å²) >= 11 is 3.65. The fourth-order valence-corrected chi connectivity index (χ4v) is 3.64. The minimum absolute atomic E-state index is 0.00380. The van der Waals surface area contributed by atoms with Gasteiger partial charge >= 0.3 is 0 Å². The van der Waals surface area contributed by atoms with Gasteiger partial charge in [-0.25, -0.2) is 0 Å². The molecule has 0 radical (unpaired) electrons. The number of aromatic nitrogens is 1. The van der Waals surface area contributed by atoms with Gasteiger partial charge in [0, 0.05) is 34.7 Å². The lowest BCUT2D eigenvalue weighted by Gasteiger charge is -2.14. The Labute approximate surface area is 118 Å². The molecule has 0 N–H and O–H groups in total. The maximum atomic E-state index is 12.3. The Kier molecular flexibility index (Phi) is 2.04. The minimum Gasteiger partial charge on any atom is -0.310 e. The lowest BCUT2D eigenvalue weighted by atomic mass is 10.0. The molecule has 19 heavy (non-hydrogen) atoms. The molecule has 1 aliphatic heterocycles. The van der Waals surface area contributed by atoms with Gasteiger partial charge in [0.1, 0.15) is 0 Å². The Morgan fingerprint density at radius 1 is 1.11 bits per heavy atom. The number of pyridine rings is 1. The van der Waals surface area contributed by atoms with Crippen LogP contribution in [0.5, 0.6) is 0 Å². The zero-order chi connectivity index (χ0) is 13.1. The summed E-state index contributed by atoms with van der Waals surface area (Å²) in [7, 11) is 1.80. The number of carbonyl (C=O) groups is 1. The molecule has 4 heteroatoms. The van der Waals surface area contributed by atoms with Crippen molar-refractivity contribution in [3.63, 3.8) is 0 Å². The highest BCUT2D eigenvalue weighted by atomic mass is 79.9. The van der Waals surface area contributed by atoms with Crippen LogP contribution < -0.4 is 4.90 Å². The molecule has 1 aliphatic rings. The molecule has 0 aliphatic carbocycles. The highest BCUT2D eigenvalue weighted by Gasteiger charge is 2.30. The third kappa shape index (κ3) is 1.22. The average Bonchev–Trinajstić information content (AvgIpc) is 2.70. The van der Waals surface area contributed by atoms with Gasteiger partial charge in [0.2, 0.25) is 0 Å². The molecular formula is C15H9BrN2O. The van der Waals surface area contributed by atoms with Crippen molar-refractivity contribution in [1.29, 1.82) is 0 Å². The van der Waals surface area contributed by atoms with Gasteiger partial charge in [-0.1, -0.05) is 24.3 Å². The van der Waals surface area contributed by atoms with Gasteiger partial charge in [-0.15, -0.1) is 0 Å². The van der Waals surface area contributed by atoms with Gasteiger partial charge in [0.25, 0.3) is 5.91 Å². The predicted molar refractivity (Wildman–Crippen MR) is 79.7 cm³/mol. The first-order valence-electron chi connectivity index (χ1n) is 5.96. The molecule has 0 atom stereocenters. The number of amides is 1. The first kappa shape index (κ1) is 10.9. The van der Waals surface area contributed by atoms with E-state index in [1.807, 2.05) is 18.3 Å². The second kappa shape index (κ2) is 3.54. The summed E-state index contributed by atoms with van der Waals surface area (Å²) in [6.07, 6.45) is 3.49. The predicted octanol–water partition coefficient (Wildman–Crippen LogP) is 3.74. The number of carbonyl (C=O) groups excluding carboxylic acids is 1. The molecule has 4 rings (SSSR count). The minimum atomic E-state index is 0.00380. The molecule has 2 aromatic carbocycles. The van der Waals surface area contributed by atoms with E-state index in [0.29, 0.717) is 5.56 Å². The standard InChI is InChI=1S/C15H9BrN2O/c1-18-14-12-10(6-17-7-11(12)15(18)19)8-4-2-3-5-9(8)13(14)16/h2-7H,1H3. The van der Waals surface area contributed by atoms with Crippen molar-refractivity contribution in [3.05, 3.63) is 46.7 Å². The first-order valence-corrected chi connectivity index (χ1v) is 6.75. The van der Waals surface area contributed by atoms with Crippen molar-refractivity contribution in [2.75, 3.05) is 11.9 Å². The van der Waals surface area contributed by atoms with Crippen LogP contribution in [0.15, 0.2) is 41.1 Å². The molecule has 0 saturated carbocycles.